The lowest BCUT2D eigenvalue weighted by atomic mass is 9.71. The molecule has 27 heavy (non-hydrogen) atoms. The van der Waals surface area contributed by atoms with Crippen LogP contribution in [0.15, 0.2) is 0 Å². The lowest BCUT2D eigenvalue weighted by Gasteiger charge is -2.34. The number of hydrogen-bond donors (Lipinski definition) is 0. The molecule has 0 amide bonds. The molecule has 0 heterocycles. The van der Waals surface area contributed by atoms with E-state index >= 15 is 0 Å². The smallest absolute Gasteiger partial charge is 0.0352 e. The highest BCUT2D eigenvalue weighted by Crippen LogP contribution is 2.48. The fraction of sp³-hybridized carbons (Fsp3) is 1.00. The zero-order valence-electron chi connectivity index (χ0n) is 20.4. The molecule has 0 aliphatic heterocycles. The molecule has 1 rings (SSSR count). The van der Waals surface area contributed by atoms with E-state index in [1.165, 1.54) is 70.6 Å². The van der Waals surface area contributed by atoms with Crippen LogP contribution >= 0.6 is 0 Å². The van der Waals surface area contributed by atoms with E-state index in [1.54, 1.807) is 0 Å². The quantitative estimate of drug-likeness (QED) is 0.282. The van der Waals surface area contributed by atoms with Crippen LogP contribution in [0.1, 0.15) is 126 Å². The van der Waals surface area contributed by atoms with Gasteiger partial charge in [-0.1, -0.05) is 93.9 Å². The minimum absolute atomic E-state index is 0.852. The Kier molecular flexibility index (Phi) is 12.3. The highest BCUT2D eigenvalue weighted by atomic mass is 14.4. The summed E-state index contributed by atoms with van der Waals surface area (Å²) < 4.78 is 0. The third kappa shape index (κ3) is 8.91. The van der Waals surface area contributed by atoms with E-state index in [9.17, 15) is 0 Å². The Morgan fingerprint density at radius 2 is 1.30 bits per heavy atom. The van der Waals surface area contributed by atoms with E-state index in [1.807, 2.05) is 0 Å². The molecular weight excluding hydrogens is 324 g/mol. The maximum absolute atomic E-state index is 2.53. The molecule has 0 heteroatoms. The molecule has 0 aromatic heterocycles. The van der Waals surface area contributed by atoms with E-state index < -0.39 is 0 Å². The topological polar surface area (TPSA) is 0 Å². The lowest BCUT2D eigenvalue weighted by Crippen LogP contribution is -2.25. The highest BCUT2D eigenvalue weighted by molar-refractivity contribution is 4.89. The van der Waals surface area contributed by atoms with Crippen molar-refractivity contribution >= 4 is 0 Å². The van der Waals surface area contributed by atoms with Gasteiger partial charge < -0.3 is 0 Å². The first-order valence-corrected chi connectivity index (χ1v) is 12.8. The summed E-state index contributed by atoms with van der Waals surface area (Å²) >= 11 is 0. The molecule has 1 aliphatic carbocycles. The predicted molar refractivity (Wildman–Crippen MR) is 124 cm³/mol. The van der Waals surface area contributed by atoms with Gasteiger partial charge in [-0.25, -0.2) is 0 Å². The summed E-state index contributed by atoms with van der Waals surface area (Å²) in [5.41, 5.74) is 0. The molecule has 6 atom stereocenters. The van der Waals surface area contributed by atoms with Crippen LogP contribution in [0.25, 0.3) is 0 Å². The van der Waals surface area contributed by atoms with Crippen molar-refractivity contribution in [1.29, 1.82) is 0 Å². The summed E-state index contributed by atoms with van der Waals surface area (Å²) in [6.07, 6.45) is 16.0. The van der Waals surface area contributed by atoms with E-state index in [4.69, 9.17) is 0 Å². The molecule has 0 aromatic carbocycles. The van der Waals surface area contributed by atoms with E-state index in [0.717, 1.165) is 47.3 Å². The Bertz CT molecular complexity index is 353. The van der Waals surface area contributed by atoms with E-state index in [0.29, 0.717) is 0 Å². The second-order valence-electron chi connectivity index (χ2n) is 11.0. The van der Waals surface area contributed by atoms with Crippen LogP contribution in [-0.2, 0) is 0 Å². The monoisotopic (exact) mass is 378 g/mol. The SMILES string of the molecule is CCCCC(CCC(C)CC(C)CC(C)C)C1CC(C)CC1C(CC)CC. The van der Waals surface area contributed by atoms with Gasteiger partial charge in [0.25, 0.3) is 0 Å². The largest absolute Gasteiger partial charge is 0.0654 e. The predicted octanol–water partition coefficient (Wildman–Crippen LogP) is 9.38. The second-order valence-corrected chi connectivity index (χ2v) is 11.0. The first-order chi connectivity index (χ1) is 12.8. The van der Waals surface area contributed by atoms with Gasteiger partial charge in [0.05, 0.1) is 0 Å². The molecular formula is C27H54. The van der Waals surface area contributed by atoms with Crippen molar-refractivity contribution in [2.45, 2.75) is 126 Å². The number of hydrogen-bond acceptors (Lipinski definition) is 0. The summed E-state index contributed by atoms with van der Waals surface area (Å²) in [5.74, 6) is 7.66. The van der Waals surface area contributed by atoms with Gasteiger partial charge in [0, 0.05) is 0 Å². The van der Waals surface area contributed by atoms with Gasteiger partial charge in [-0.3, -0.25) is 0 Å². The zero-order valence-corrected chi connectivity index (χ0v) is 20.4. The fourth-order valence-corrected chi connectivity index (χ4v) is 6.60. The molecule has 0 saturated heterocycles. The van der Waals surface area contributed by atoms with Crippen LogP contribution in [0.3, 0.4) is 0 Å². The van der Waals surface area contributed by atoms with Crippen LogP contribution in [0.4, 0.5) is 0 Å². The van der Waals surface area contributed by atoms with Crippen molar-refractivity contribution < 1.29 is 0 Å². The Balaban J connectivity index is 2.67. The minimum Gasteiger partial charge on any atom is -0.0654 e. The molecule has 1 aliphatic rings. The molecule has 0 nitrogen and oxygen atoms in total. The summed E-state index contributed by atoms with van der Waals surface area (Å²) in [5, 5.41) is 0. The summed E-state index contributed by atoms with van der Waals surface area (Å²) in [6, 6.07) is 0. The van der Waals surface area contributed by atoms with Crippen LogP contribution < -0.4 is 0 Å². The molecule has 0 spiro atoms. The maximum atomic E-state index is 2.53. The Hall–Kier alpha value is 0. The average molecular weight is 379 g/mol. The molecule has 6 unspecified atom stereocenters. The molecule has 162 valence electrons. The van der Waals surface area contributed by atoms with Crippen molar-refractivity contribution in [3.05, 3.63) is 0 Å². The molecule has 0 bridgehead atoms. The standard InChI is InChI=1S/C27H54/c1-9-12-13-25(15-14-21(6)17-22(7)16-20(4)5)27-19-23(8)18-26(27)24(10-2)11-3/h20-27H,9-19H2,1-8H3. The summed E-state index contributed by atoms with van der Waals surface area (Å²) in [6.45, 7) is 19.5. The van der Waals surface area contributed by atoms with E-state index in [2.05, 4.69) is 55.4 Å². The van der Waals surface area contributed by atoms with Crippen LogP contribution in [0.5, 0.6) is 0 Å². The zero-order chi connectivity index (χ0) is 20.4. The van der Waals surface area contributed by atoms with Gasteiger partial charge in [-0.2, -0.15) is 0 Å². The Morgan fingerprint density at radius 3 is 1.81 bits per heavy atom. The summed E-state index contributed by atoms with van der Waals surface area (Å²) in [4.78, 5) is 0. The highest BCUT2D eigenvalue weighted by Gasteiger charge is 2.39. The fourth-order valence-electron chi connectivity index (χ4n) is 6.60. The molecule has 1 saturated carbocycles. The Labute approximate surface area is 173 Å². The molecule has 0 radical (unpaired) electrons. The van der Waals surface area contributed by atoms with Gasteiger partial charge in [-0.15, -0.1) is 0 Å². The molecule has 0 N–H and O–H groups in total. The van der Waals surface area contributed by atoms with Gasteiger partial charge in [0.15, 0.2) is 0 Å². The van der Waals surface area contributed by atoms with Crippen molar-refractivity contribution in [2.24, 2.45) is 47.3 Å². The van der Waals surface area contributed by atoms with Crippen molar-refractivity contribution in [2.75, 3.05) is 0 Å². The summed E-state index contributed by atoms with van der Waals surface area (Å²) in [7, 11) is 0. The minimum atomic E-state index is 0.852. The van der Waals surface area contributed by atoms with Gasteiger partial charge in [0.2, 0.25) is 0 Å². The third-order valence-electron chi connectivity index (χ3n) is 7.80. The average Bonchev–Trinajstić information content (AvgIpc) is 2.96. The van der Waals surface area contributed by atoms with Crippen molar-refractivity contribution in [3.63, 3.8) is 0 Å². The van der Waals surface area contributed by atoms with Gasteiger partial charge >= 0.3 is 0 Å². The molecule has 1 fully saturated rings. The van der Waals surface area contributed by atoms with Crippen LogP contribution in [0, 0.1) is 47.3 Å². The maximum Gasteiger partial charge on any atom is -0.0352 e. The van der Waals surface area contributed by atoms with Crippen LogP contribution in [0.2, 0.25) is 0 Å². The third-order valence-corrected chi connectivity index (χ3v) is 7.80. The van der Waals surface area contributed by atoms with E-state index in [-0.39, 0.29) is 0 Å². The molecule has 0 aromatic rings. The Morgan fingerprint density at radius 1 is 0.704 bits per heavy atom. The normalized spacial score (nSPS) is 26.7. The first kappa shape index (κ1) is 25.0. The van der Waals surface area contributed by atoms with Gasteiger partial charge in [-0.05, 0) is 79.4 Å². The van der Waals surface area contributed by atoms with Crippen molar-refractivity contribution in [3.8, 4) is 0 Å². The second kappa shape index (κ2) is 13.3. The number of rotatable bonds is 14. The number of unbranched alkanes of at least 4 members (excludes halogenated alkanes) is 1. The first-order valence-electron chi connectivity index (χ1n) is 12.8. The van der Waals surface area contributed by atoms with Crippen molar-refractivity contribution in [1.82, 2.24) is 0 Å². The lowest BCUT2D eigenvalue weighted by molar-refractivity contribution is 0.158. The van der Waals surface area contributed by atoms with Gasteiger partial charge in [0.1, 0.15) is 0 Å². The van der Waals surface area contributed by atoms with Crippen LogP contribution in [-0.4, -0.2) is 0 Å².